The lowest BCUT2D eigenvalue weighted by Gasteiger charge is -2.14. The van der Waals surface area contributed by atoms with E-state index < -0.39 is 22.2 Å². The Bertz CT molecular complexity index is 460. The lowest BCUT2D eigenvalue weighted by Crippen LogP contribution is -2.42. The average molecular weight is 277 g/mol. The SMILES string of the molecule is CS(=O)(=O)N[C@@H]1CN(Cc2cscn2)C[C@H]1O. The third-order valence-electron chi connectivity index (χ3n) is 2.60. The number of sulfonamides is 1. The molecular formula is C9H15N3O3S2. The highest BCUT2D eigenvalue weighted by atomic mass is 32.2. The van der Waals surface area contributed by atoms with Crippen LogP contribution in [-0.4, -0.2) is 54.9 Å². The van der Waals surface area contributed by atoms with Crippen LogP contribution < -0.4 is 4.72 Å². The molecule has 2 heterocycles. The number of thiazole rings is 1. The first-order valence-electron chi connectivity index (χ1n) is 5.19. The number of aliphatic hydroxyl groups excluding tert-OH is 1. The fourth-order valence-electron chi connectivity index (χ4n) is 1.93. The van der Waals surface area contributed by atoms with E-state index in [4.69, 9.17) is 0 Å². The molecule has 6 nitrogen and oxygen atoms in total. The molecular weight excluding hydrogens is 262 g/mol. The van der Waals surface area contributed by atoms with E-state index in [9.17, 15) is 13.5 Å². The zero-order valence-electron chi connectivity index (χ0n) is 9.41. The lowest BCUT2D eigenvalue weighted by molar-refractivity contribution is 0.159. The molecule has 2 atom stereocenters. The topological polar surface area (TPSA) is 82.5 Å². The molecule has 0 amide bonds. The van der Waals surface area contributed by atoms with Gasteiger partial charge in [-0.2, -0.15) is 0 Å². The maximum Gasteiger partial charge on any atom is 0.209 e. The number of aromatic nitrogens is 1. The van der Waals surface area contributed by atoms with E-state index in [0.717, 1.165) is 11.9 Å². The molecule has 96 valence electrons. The maximum absolute atomic E-state index is 11.1. The van der Waals surface area contributed by atoms with E-state index in [1.54, 1.807) is 5.51 Å². The Hall–Kier alpha value is -0.540. The molecule has 17 heavy (non-hydrogen) atoms. The van der Waals surface area contributed by atoms with Crippen LogP contribution >= 0.6 is 11.3 Å². The van der Waals surface area contributed by atoms with E-state index in [-0.39, 0.29) is 0 Å². The van der Waals surface area contributed by atoms with Gasteiger partial charge in [0.1, 0.15) is 0 Å². The minimum atomic E-state index is -3.28. The summed E-state index contributed by atoms with van der Waals surface area (Å²) in [6.45, 7) is 1.61. The number of nitrogens with zero attached hydrogens (tertiary/aromatic N) is 2. The van der Waals surface area contributed by atoms with Gasteiger partial charge >= 0.3 is 0 Å². The predicted molar refractivity (Wildman–Crippen MR) is 65.2 cm³/mol. The first kappa shape index (κ1) is 12.9. The number of hydrogen-bond acceptors (Lipinski definition) is 6. The van der Waals surface area contributed by atoms with Gasteiger partial charge in [0.15, 0.2) is 0 Å². The van der Waals surface area contributed by atoms with Gasteiger partial charge in [-0.05, 0) is 0 Å². The second kappa shape index (κ2) is 4.99. The predicted octanol–water partition coefficient (Wildman–Crippen LogP) is -0.763. The van der Waals surface area contributed by atoms with Crippen molar-refractivity contribution < 1.29 is 13.5 Å². The van der Waals surface area contributed by atoms with E-state index in [1.807, 2.05) is 10.3 Å². The van der Waals surface area contributed by atoms with Gasteiger partial charge in [0.25, 0.3) is 0 Å². The fraction of sp³-hybridized carbons (Fsp3) is 0.667. The van der Waals surface area contributed by atoms with Gasteiger partial charge < -0.3 is 5.11 Å². The van der Waals surface area contributed by atoms with Crippen molar-refractivity contribution in [2.45, 2.75) is 18.7 Å². The minimum Gasteiger partial charge on any atom is -0.390 e. The van der Waals surface area contributed by atoms with Crippen LogP contribution in [-0.2, 0) is 16.6 Å². The molecule has 0 saturated carbocycles. The van der Waals surface area contributed by atoms with Crippen molar-refractivity contribution in [3.63, 3.8) is 0 Å². The van der Waals surface area contributed by atoms with Crippen molar-refractivity contribution in [3.05, 3.63) is 16.6 Å². The first-order valence-corrected chi connectivity index (χ1v) is 8.02. The third-order valence-corrected chi connectivity index (χ3v) is 3.97. The van der Waals surface area contributed by atoms with Crippen molar-refractivity contribution in [2.75, 3.05) is 19.3 Å². The monoisotopic (exact) mass is 277 g/mol. The third kappa shape index (κ3) is 3.71. The molecule has 0 bridgehead atoms. The van der Waals surface area contributed by atoms with Gasteiger partial charge in [0.2, 0.25) is 10.0 Å². The molecule has 8 heteroatoms. The van der Waals surface area contributed by atoms with Crippen LogP contribution in [0.15, 0.2) is 10.9 Å². The number of nitrogens with one attached hydrogen (secondary N) is 1. The van der Waals surface area contributed by atoms with Gasteiger partial charge in [-0.3, -0.25) is 4.90 Å². The molecule has 0 aromatic carbocycles. The van der Waals surface area contributed by atoms with Crippen LogP contribution in [0.2, 0.25) is 0 Å². The van der Waals surface area contributed by atoms with Crippen LogP contribution in [0.25, 0.3) is 0 Å². The Kier molecular flexibility index (Phi) is 3.79. The largest absolute Gasteiger partial charge is 0.390 e. The first-order chi connectivity index (χ1) is 7.94. The highest BCUT2D eigenvalue weighted by Gasteiger charge is 2.33. The second-order valence-corrected chi connectivity index (χ2v) is 6.74. The number of rotatable bonds is 4. The molecule has 1 aromatic rings. The van der Waals surface area contributed by atoms with Gasteiger partial charge in [-0.15, -0.1) is 11.3 Å². The molecule has 1 aromatic heterocycles. The summed E-state index contributed by atoms with van der Waals surface area (Å²) < 4.78 is 24.7. The normalized spacial score (nSPS) is 26.5. The summed E-state index contributed by atoms with van der Waals surface area (Å²) in [5.41, 5.74) is 2.70. The summed E-state index contributed by atoms with van der Waals surface area (Å²) in [6.07, 6.45) is 0.436. The van der Waals surface area contributed by atoms with Gasteiger partial charge in [-0.1, -0.05) is 0 Å². The second-order valence-electron chi connectivity index (χ2n) is 4.24. The van der Waals surface area contributed by atoms with Crippen LogP contribution in [0, 0.1) is 0 Å². The number of likely N-dealkylation sites (tertiary alicyclic amines) is 1. The Morgan fingerprint density at radius 3 is 3.00 bits per heavy atom. The molecule has 0 unspecified atom stereocenters. The van der Waals surface area contributed by atoms with Crippen LogP contribution in [0.1, 0.15) is 5.69 Å². The Morgan fingerprint density at radius 2 is 2.41 bits per heavy atom. The highest BCUT2D eigenvalue weighted by molar-refractivity contribution is 7.88. The molecule has 1 fully saturated rings. The zero-order chi connectivity index (χ0) is 12.5. The Balaban J connectivity index is 1.93. The molecule has 1 aliphatic rings. The maximum atomic E-state index is 11.1. The summed E-state index contributed by atoms with van der Waals surface area (Å²) in [6, 6.07) is -0.427. The molecule has 2 rings (SSSR count). The molecule has 2 N–H and O–H groups in total. The summed E-state index contributed by atoms with van der Waals surface area (Å²) in [5.74, 6) is 0. The van der Waals surface area contributed by atoms with Crippen LogP contribution in [0.3, 0.4) is 0 Å². The van der Waals surface area contributed by atoms with Crippen molar-refractivity contribution >= 4 is 21.4 Å². The fourth-order valence-corrected chi connectivity index (χ4v) is 3.26. The molecule has 0 aliphatic carbocycles. The zero-order valence-corrected chi connectivity index (χ0v) is 11.0. The smallest absolute Gasteiger partial charge is 0.209 e. The van der Waals surface area contributed by atoms with Gasteiger partial charge in [-0.25, -0.2) is 18.1 Å². The molecule has 0 radical (unpaired) electrons. The summed E-state index contributed by atoms with van der Waals surface area (Å²) in [7, 11) is -3.28. The molecule has 1 saturated heterocycles. The van der Waals surface area contributed by atoms with Crippen LogP contribution in [0.4, 0.5) is 0 Å². The van der Waals surface area contributed by atoms with Crippen molar-refractivity contribution in [2.24, 2.45) is 0 Å². The van der Waals surface area contributed by atoms with Crippen molar-refractivity contribution in [1.29, 1.82) is 0 Å². The van der Waals surface area contributed by atoms with Crippen LogP contribution in [0.5, 0.6) is 0 Å². The van der Waals surface area contributed by atoms with Gasteiger partial charge in [0.05, 0.1) is 29.6 Å². The Labute approximate surface area is 104 Å². The van der Waals surface area contributed by atoms with E-state index >= 15 is 0 Å². The standard InChI is InChI=1S/C9H15N3O3S2/c1-17(14,15)11-8-3-12(4-9(8)13)2-7-5-16-6-10-7/h5-6,8-9,11,13H,2-4H2,1H3/t8-,9-/m1/s1. The quantitative estimate of drug-likeness (QED) is 0.756. The minimum absolute atomic E-state index is 0.427. The van der Waals surface area contributed by atoms with E-state index in [2.05, 4.69) is 9.71 Å². The number of aliphatic hydroxyl groups is 1. The average Bonchev–Trinajstić information content (AvgIpc) is 2.76. The molecule has 1 aliphatic heterocycles. The highest BCUT2D eigenvalue weighted by Crippen LogP contribution is 2.14. The van der Waals surface area contributed by atoms with E-state index in [0.29, 0.717) is 19.6 Å². The number of β-amino-alcohol motifs (C(OH)–C–C–N with tert-alkyl or cyclic N) is 1. The van der Waals surface area contributed by atoms with E-state index in [1.165, 1.54) is 11.3 Å². The van der Waals surface area contributed by atoms with Crippen molar-refractivity contribution in [1.82, 2.24) is 14.6 Å². The molecule has 0 spiro atoms. The summed E-state index contributed by atoms with van der Waals surface area (Å²) in [5, 5.41) is 11.7. The summed E-state index contributed by atoms with van der Waals surface area (Å²) in [4.78, 5) is 6.15. The number of hydrogen-bond donors (Lipinski definition) is 2. The summed E-state index contributed by atoms with van der Waals surface area (Å²) >= 11 is 1.52. The lowest BCUT2D eigenvalue weighted by atomic mass is 10.2. The van der Waals surface area contributed by atoms with Crippen molar-refractivity contribution in [3.8, 4) is 0 Å². The Morgan fingerprint density at radius 1 is 1.65 bits per heavy atom. The van der Waals surface area contributed by atoms with Gasteiger partial charge in [0, 0.05) is 25.0 Å².